The highest BCUT2D eigenvalue weighted by atomic mass is 16.3. The minimum absolute atomic E-state index is 0.0547. The first-order chi connectivity index (χ1) is 6.73. The Morgan fingerprint density at radius 2 is 1.73 bits per heavy atom. The molecule has 15 heavy (non-hydrogen) atoms. The van der Waals surface area contributed by atoms with Crippen molar-refractivity contribution < 1.29 is 15.0 Å². The molecular weight excluding hydrogens is 192 g/mol. The zero-order valence-electron chi connectivity index (χ0n) is 9.46. The molecule has 2 N–H and O–H groups in total. The van der Waals surface area contributed by atoms with Crippen LogP contribution in [0, 0.1) is 12.3 Å². The Morgan fingerprint density at radius 1 is 1.20 bits per heavy atom. The third-order valence-electron chi connectivity index (χ3n) is 2.22. The van der Waals surface area contributed by atoms with Crippen molar-refractivity contribution >= 4 is 5.78 Å². The van der Waals surface area contributed by atoms with Crippen molar-refractivity contribution in [1.82, 2.24) is 0 Å². The fourth-order valence-corrected chi connectivity index (χ4v) is 1.33. The van der Waals surface area contributed by atoms with E-state index in [0.717, 1.165) is 0 Å². The predicted octanol–water partition coefficient (Wildman–Crippen LogP) is 2.64. The van der Waals surface area contributed by atoms with Crippen LogP contribution in [-0.4, -0.2) is 16.0 Å². The maximum atomic E-state index is 11.9. The number of aromatic hydroxyl groups is 2. The van der Waals surface area contributed by atoms with Gasteiger partial charge in [0.2, 0.25) is 0 Å². The number of phenols is 2. The van der Waals surface area contributed by atoms with E-state index < -0.39 is 5.41 Å². The normalized spacial score (nSPS) is 11.5. The lowest BCUT2D eigenvalue weighted by Crippen LogP contribution is -2.20. The number of aryl methyl sites for hydroxylation is 1. The highest BCUT2D eigenvalue weighted by molar-refractivity contribution is 6.00. The van der Waals surface area contributed by atoms with Crippen LogP contribution in [0.2, 0.25) is 0 Å². The minimum Gasteiger partial charge on any atom is -0.504 e. The molecule has 0 aliphatic carbocycles. The van der Waals surface area contributed by atoms with Crippen molar-refractivity contribution in [3.63, 3.8) is 0 Å². The molecule has 0 fully saturated rings. The number of hydrogen-bond donors (Lipinski definition) is 2. The fourth-order valence-electron chi connectivity index (χ4n) is 1.33. The van der Waals surface area contributed by atoms with Crippen LogP contribution in [0.15, 0.2) is 12.1 Å². The number of phenolic OH excluding ortho intramolecular Hbond substituents is 2. The highest BCUT2D eigenvalue weighted by Gasteiger charge is 2.24. The maximum Gasteiger partial charge on any atom is 0.168 e. The van der Waals surface area contributed by atoms with Crippen LogP contribution in [-0.2, 0) is 0 Å². The molecule has 0 unspecified atom stereocenters. The average Bonchev–Trinajstić information content (AvgIpc) is 2.10. The second-order valence-electron chi connectivity index (χ2n) is 4.74. The van der Waals surface area contributed by atoms with Gasteiger partial charge >= 0.3 is 0 Å². The summed E-state index contributed by atoms with van der Waals surface area (Å²) < 4.78 is 0. The fraction of sp³-hybridized carbons (Fsp3) is 0.417. The maximum absolute atomic E-state index is 11.9. The number of rotatable bonds is 1. The van der Waals surface area contributed by atoms with Gasteiger partial charge in [-0.15, -0.1) is 0 Å². The zero-order chi connectivity index (χ0) is 11.8. The molecule has 0 aliphatic heterocycles. The van der Waals surface area contributed by atoms with Gasteiger partial charge in [0.15, 0.2) is 17.3 Å². The van der Waals surface area contributed by atoms with Crippen LogP contribution in [0.1, 0.15) is 36.7 Å². The van der Waals surface area contributed by atoms with E-state index in [4.69, 9.17) is 0 Å². The molecule has 1 rings (SSSR count). The molecule has 0 radical (unpaired) electrons. The number of benzene rings is 1. The molecule has 0 spiro atoms. The average molecular weight is 208 g/mol. The standard InChI is InChI=1S/C12H16O3/c1-7-5-8(6-9(13)10(7)14)11(15)12(2,3)4/h5-6,13-14H,1-4H3. The molecule has 82 valence electrons. The van der Waals surface area contributed by atoms with E-state index in [-0.39, 0.29) is 17.3 Å². The van der Waals surface area contributed by atoms with E-state index in [1.807, 2.05) is 20.8 Å². The molecule has 0 saturated heterocycles. The molecule has 0 saturated carbocycles. The summed E-state index contributed by atoms with van der Waals surface area (Å²) >= 11 is 0. The predicted molar refractivity (Wildman–Crippen MR) is 58.3 cm³/mol. The van der Waals surface area contributed by atoms with Crippen molar-refractivity contribution in [2.45, 2.75) is 27.7 Å². The zero-order valence-corrected chi connectivity index (χ0v) is 9.46. The highest BCUT2D eigenvalue weighted by Crippen LogP contribution is 2.32. The molecule has 3 heteroatoms. The van der Waals surface area contributed by atoms with Gasteiger partial charge in [-0.3, -0.25) is 4.79 Å². The number of ketones is 1. The molecular formula is C12H16O3. The van der Waals surface area contributed by atoms with Gasteiger partial charge in [-0.1, -0.05) is 20.8 Å². The molecule has 0 heterocycles. The number of carbonyl (C=O) groups excluding carboxylic acids is 1. The van der Waals surface area contributed by atoms with Gasteiger partial charge < -0.3 is 10.2 Å². The Balaban J connectivity index is 3.24. The summed E-state index contributed by atoms with van der Waals surface area (Å²) in [5, 5.41) is 18.7. The number of Topliss-reactive ketones (excluding diaryl/α,β-unsaturated/α-hetero) is 1. The second-order valence-corrected chi connectivity index (χ2v) is 4.74. The molecule has 0 aromatic heterocycles. The summed E-state index contributed by atoms with van der Waals surface area (Å²) in [6, 6.07) is 2.89. The summed E-state index contributed by atoms with van der Waals surface area (Å²) in [5.74, 6) is -0.469. The minimum atomic E-state index is -0.490. The topological polar surface area (TPSA) is 57.5 Å². The van der Waals surface area contributed by atoms with Gasteiger partial charge in [-0.25, -0.2) is 0 Å². The van der Waals surface area contributed by atoms with E-state index in [0.29, 0.717) is 11.1 Å². The molecule has 0 amide bonds. The summed E-state index contributed by atoms with van der Waals surface area (Å²) in [4.78, 5) is 11.9. The quantitative estimate of drug-likeness (QED) is 0.551. The van der Waals surface area contributed by atoms with Crippen LogP contribution in [0.3, 0.4) is 0 Å². The van der Waals surface area contributed by atoms with Crippen molar-refractivity contribution in [2.24, 2.45) is 5.41 Å². The second kappa shape index (κ2) is 3.57. The summed E-state index contributed by atoms with van der Waals surface area (Å²) in [5.41, 5.74) is 0.438. The largest absolute Gasteiger partial charge is 0.504 e. The monoisotopic (exact) mass is 208 g/mol. The van der Waals surface area contributed by atoms with Gasteiger partial charge in [0.05, 0.1) is 0 Å². The Kier molecular flexibility index (Phi) is 2.75. The van der Waals surface area contributed by atoms with E-state index in [9.17, 15) is 15.0 Å². The Labute approximate surface area is 89.4 Å². The van der Waals surface area contributed by atoms with Gasteiger partial charge in [-0.05, 0) is 24.6 Å². The third kappa shape index (κ3) is 2.29. The van der Waals surface area contributed by atoms with E-state index in [2.05, 4.69) is 0 Å². The Morgan fingerprint density at radius 3 is 2.13 bits per heavy atom. The lowest BCUT2D eigenvalue weighted by atomic mass is 9.86. The number of carbonyl (C=O) groups is 1. The molecule has 0 atom stereocenters. The van der Waals surface area contributed by atoms with Crippen LogP contribution in [0.5, 0.6) is 11.5 Å². The van der Waals surface area contributed by atoms with E-state index in [1.54, 1.807) is 13.0 Å². The first-order valence-electron chi connectivity index (χ1n) is 4.81. The smallest absolute Gasteiger partial charge is 0.168 e. The molecule has 3 nitrogen and oxygen atoms in total. The Bertz CT molecular complexity index is 377. The lowest BCUT2D eigenvalue weighted by molar-refractivity contribution is 0.0858. The Hall–Kier alpha value is -1.51. The van der Waals surface area contributed by atoms with Crippen molar-refractivity contribution in [3.05, 3.63) is 23.3 Å². The van der Waals surface area contributed by atoms with Gasteiger partial charge in [0.25, 0.3) is 0 Å². The first-order valence-corrected chi connectivity index (χ1v) is 4.81. The SMILES string of the molecule is Cc1cc(C(=O)C(C)(C)C)cc(O)c1O. The molecule has 0 aliphatic rings. The summed E-state index contributed by atoms with van der Waals surface area (Å²) in [6.45, 7) is 7.09. The first kappa shape index (κ1) is 11.6. The van der Waals surface area contributed by atoms with Crippen molar-refractivity contribution in [1.29, 1.82) is 0 Å². The van der Waals surface area contributed by atoms with Crippen LogP contribution in [0.25, 0.3) is 0 Å². The summed E-state index contributed by atoms with van der Waals surface area (Å²) in [7, 11) is 0. The van der Waals surface area contributed by atoms with Crippen molar-refractivity contribution in [3.8, 4) is 11.5 Å². The van der Waals surface area contributed by atoms with Gasteiger partial charge in [-0.2, -0.15) is 0 Å². The van der Waals surface area contributed by atoms with Gasteiger partial charge in [0, 0.05) is 11.0 Å². The molecule has 0 bridgehead atoms. The molecule has 1 aromatic rings. The van der Waals surface area contributed by atoms with Crippen LogP contribution >= 0.6 is 0 Å². The van der Waals surface area contributed by atoms with Crippen LogP contribution in [0.4, 0.5) is 0 Å². The van der Waals surface area contributed by atoms with E-state index >= 15 is 0 Å². The third-order valence-corrected chi connectivity index (χ3v) is 2.22. The summed E-state index contributed by atoms with van der Waals surface area (Å²) in [6.07, 6.45) is 0. The van der Waals surface area contributed by atoms with Crippen LogP contribution < -0.4 is 0 Å². The van der Waals surface area contributed by atoms with Crippen molar-refractivity contribution in [2.75, 3.05) is 0 Å². The van der Waals surface area contributed by atoms with E-state index in [1.165, 1.54) is 6.07 Å². The lowest BCUT2D eigenvalue weighted by Gasteiger charge is -2.17. The van der Waals surface area contributed by atoms with Gasteiger partial charge in [0.1, 0.15) is 0 Å². The number of hydrogen-bond acceptors (Lipinski definition) is 3. The molecule has 1 aromatic carbocycles.